The van der Waals surface area contributed by atoms with E-state index in [1.165, 1.54) is 29.5 Å². The minimum absolute atomic E-state index is 0.370. The molecule has 0 amide bonds. The summed E-state index contributed by atoms with van der Waals surface area (Å²) in [5, 5.41) is 4.15. The summed E-state index contributed by atoms with van der Waals surface area (Å²) in [6, 6.07) is 17.4. The molecule has 3 heteroatoms. The summed E-state index contributed by atoms with van der Waals surface area (Å²) < 4.78 is 0. The van der Waals surface area contributed by atoms with E-state index < -0.39 is 0 Å². The maximum atomic E-state index is 5.63. The van der Waals surface area contributed by atoms with Gasteiger partial charge in [-0.05, 0) is 67.2 Å². The number of hydrogen-bond donors (Lipinski definition) is 1. The molecule has 1 N–H and O–H groups in total. The minimum atomic E-state index is 0.370. The molecule has 0 fully saturated rings. The highest BCUT2D eigenvalue weighted by Crippen LogP contribution is 2.33. The molecule has 1 aliphatic rings. The Bertz CT molecular complexity index is 681. The van der Waals surface area contributed by atoms with Gasteiger partial charge in [-0.25, -0.2) is 0 Å². The molecule has 0 spiro atoms. The van der Waals surface area contributed by atoms with E-state index in [0.717, 1.165) is 17.2 Å². The van der Waals surface area contributed by atoms with E-state index >= 15 is 0 Å². The van der Waals surface area contributed by atoms with Crippen LogP contribution in [0.5, 0.6) is 0 Å². The summed E-state index contributed by atoms with van der Waals surface area (Å²) in [7, 11) is 2.10. The van der Waals surface area contributed by atoms with Gasteiger partial charge in [0.1, 0.15) is 0 Å². The topological polar surface area (TPSA) is 15.3 Å². The first-order valence-corrected chi connectivity index (χ1v) is 8.24. The van der Waals surface area contributed by atoms with Crippen molar-refractivity contribution in [3.63, 3.8) is 0 Å². The molecule has 0 aliphatic heterocycles. The van der Waals surface area contributed by atoms with Gasteiger partial charge in [-0.3, -0.25) is 0 Å². The number of aryl methyl sites for hydroxylation is 2. The zero-order valence-electron chi connectivity index (χ0n) is 13.2. The highest BCUT2D eigenvalue weighted by Gasteiger charge is 2.24. The van der Waals surface area contributed by atoms with Crippen LogP contribution in [0.1, 0.15) is 35.6 Å². The lowest BCUT2D eigenvalue weighted by Gasteiger charge is -2.35. The van der Waals surface area contributed by atoms with Crippen LogP contribution >= 0.6 is 12.2 Å². The van der Waals surface area contributed by atoms with Crippen molar-refractivity contribution >= 4 is 23.0 Å². The minimum Gasteiger partial charge on any atom is -0.345 e. The molecule has 0 bridgehead atoms. The predicted octanol–water partition coefficient (Wildman–Crippen LogP) is 4.70. The Balaban J connectivity index is 1.77. The molecule has 0 heterocycles. The number of rotatable bonds is 2. The second kappa shape index (κ2) is 6.49. The molecule has 0 unspecified atom stereocenters. The number of thiocarbonyl (C=S) groups is 1. The average Bonchev–Trinajstić information content (AvgIpc) is 2.53. The second-order valence-electron chi connectivity index (χ2n) is 6.02. The Kier molecular flexibility index (Phi) is 4.44. The Morgan fingerprint density at radius 3 is 2.82 bits per heavy atom. The smallest absolute Gasteiger partial charge is 0.173 e. The summed E-state index contributed by atoms with van der Waals surface area (Å²) in [5.41, 5.74) is 5.17. The molecule has 3 rings (SSSR count). The molecule has 2 aromatic carbocycles. The molecular formula is C19H22N2S. The van der Waals surface area contributed by atoms with Gasteiger partial charge < -0.3 is 10.2 Å². The van der Waals surface area contributed by atoms with E-state index in [-0.39, 0.29) is 0 Å². The van der Waals surface area contributed by atoms with Gasteiger partial charge in [0, 0.05) is 12.7 Å². The molecule has 22 heavy (non-hydrogen) atoms. The zero-order chi connectivity index (χ0) is 15.5. The van der Waals surface area contributed by atoms with Crippen molar-refractivity contribution in [2.45, 2.75) is 32.2 Å². The van der Waals surface area contributed by atoms with Crippen LogP contribution in [0.25, 0.3) is 0 Å². The highest BCUT2D eigenvalue weighted by atomic mass is 32.1. The molecule has 0 radical (unpaired) electrons. The van der Waals surface area contributed by atoms with Crippen molar-refractivity contribution in [3.05, 3.63) is 65.2 Å². The van der Waals surface area contributed by atoms with E-state index in [9.17, 15) is 0 Å². The van der Waals surface area contributed by atoms with Crippen molar-refractivity contribution in [3.8, 4) is 0 Å². The zero-order valence-corrected chi connectivity index (χ0v) is 14.0. The van der Waals surface area contributed by atoms with E-state index in [2.05, 4.69) is 72.7 Å². The molecule has 2 nitrogen and oxygen atoms in total. The first-order chi connectivity index (χ1) is 10.6. The number of nitrogens with zero attached hydrogens (tertiary/aromatic N) is 1. The fraction of sp³-hybridized carbons (Fsp3) is 0.316. The number of anilines is 1. The molecule has 1 aliphatic carbocycles. The standard InChI is InChI=1S/C19H22N2S/c1-14-7-5-10-16(13-14)20-19(22)21(2)18-12-6-9-15-8-3-4-11-17(15)18/h3-5,7-8,10-11,13,18H,6,9,12H2,1-2H3,(H,20,22)/t18-/m0/s1. The third-order valence-corrected chi connectivity index (χ3v) is 4.79. The Morgan fingerprint density at radius 2 is 2.00 bits per heavy atom. The van der Waals surface area contributed by atoms with E-state index in [1.54, 1.807) is 0 Å². The molecule has 0 saturated carbocycles. The predicted molar refractivity (Wildman–Crippen MR) is 97.3 cm³/mol. The number of fused-ring (bicyclic) bond motifs is 1. The largest absolute Gasteiger partial charge is 0.345 e. The van der Waals surface area contributed by atoms with Crippen LogP contribution in [0.15, 0.2) is 48.5 Å². The van der Waals surface area contributed by atoms with E-state index in [0.29, 0.717) is 6.04 Å². The third kappa shape index (κ3) is 3.14. The molecule has 1 atom stereocenters. The SMILES string of the molecule is Cc1cccc(NC(=S)N(C)[C@H]2CCCc3ccccc32)c1. The normalized spacial score (nSPS) is 16.7. The van der Waals surface area contributed by atoms with Gasteiger partial charge in [0.25, 0.3) is 0 Å². The van der Waals surface area contributed by atoms with Gasteiger partial charge in [0.05, 0.1) is 6.04 Å². The molecule has 114 valence electrons. The van der Waals surface area contributed by atoms with Crippen LogP contribution in [0.2, 0.25) is 0 Å². The van der Waals surface area contributed by atoms with Crippen molar-refractivity contribution in [2.75, 3.05) is 12.4 Å². The Labute approximate surface area is 138 Å². The summed E-state index contributed by atoms with van der Waals surface area (Å²) >= 11 is 5.63. The summed E-state index contributed by atoms with van der Waals surface area (Å²) in [5.74, 6) is 0. The van der Waals surface area contributed by atoms with Crippen LogP contribution in [0.4, 0.5) is 5.69 Å². The van der Waals surface area contributed by atoms with Gasteiger partial charge in [-0.1, -0.05) is 36.4 Å². The summed E-state index contributed by atoms with van der Waals surface area (Å²) in [6.45, 7) is 2.09. The van der Waals surface area contributed by atoms with Crippen LogP contribution in [0, 0.1) is 6.92 Å². The second-order valence-corrected chi connectivity index (χ2v) is 6.40. The number of benzene rings is 2. The summed E-state index contributed by atoms with van der Waals surface area (Å²) in [4.78, 5) is 2.20. The van der Waals surface area contributed by atoms with Crippen molar-refractivity contribution in [1.29, 1.82) is 0 Å². The van der Waals surface area contributed by atoms with Gasteiger partial charge in [-0.15, -0.1) is 0 Å². The van der Waals surface area contributed by atoms with E-state index in [1.807, 2.05) is 0 Å². The van der Waals surface area contributed by atoms with Crippen LogP contribution < -0.4 is 5.32 Å². The fourth-order valence-corrected chi connectivity index (χ4v) is 3.45. The lowest BCUT2D eigenvalue weighted by atomic mass is 9.87. The molecule has 0 aromatic heterocycles. The third-order valence-electron chi connectivity index (χ3n) is 4.39. The Hall–Kier alpha value is -1.87. The van der Waals surface area contributed by atoms with Crippen LogP contribution in [0.3, 0.4) is 0 Å². The van der Waals surface area contributed by atoms with Gasteiger partial charge >= 0.3 is 0 Å². The van der Waals surface area contributed by atoms with Crippen molar-refractivity contribution < 1.29 is 0 Å². The quantitative estimate of drug-likeness (QED) is 0.809. The summed E-state index contributed by atoms with van der Waals surface area (Å²) in [6.07, 6.45) is 3.56. The number of nitrogens with one attached hydrogen (secondary N) is 1. The molecule has 2 aromatic rings. The van der Waals surface area contributed by atoms with Crippen LogP contribution in [-0.4, -0.2) is 17.1 Å². The van der Waals surface area contributed by atoms with Gasteiger partial charge in [0.2, 0.25) is 0 Å². The first-order valence-electron chi connectivity index (χ1n) is 7.83. The molecule has 0 saturated heterocycles. The van der Waals surface area contributed by atoms with E-state index in [4.69, 9.17) is 12.2 Å². The highest BCUT2D eigenvalue weighted by molar-refractivity contribution is 7.80. The number of hydrogen-bond acceptors (Lipinski definition) is 1. The Morgan fingerprint density at radius 1 is 1.18 bits per heavy atom. The van der Waals surface area contributed by atoms with Crippen molar-refractivity contribution in [1.82, 2.24) is 4.90 Å². The maximum absolute atomic E-state index is 5.63. The van der Waals surface area contributed by atoms with Crippen molar-refractivity contribution in [2.24, 2.45) is 0 Å². The maximum Gasteiger partial charge on any atom is 0.173 e. The fourth-order valence-electron chi connectivity index (χ4n) is 3.21. The average molecular weight is 310 g/mol. The van der Waals surface area contributed by atoms with Crippen LogP contribution in [-0.2, 0) is 6.42 Å². The monoisotopic (exact) mass is 310 g/mol. The lowest BCUT2D eigenvalue weighted by molar-refractivity contribution is 0.336. The molecular weight excluding hydrogens is 288 g/mol. The van der Waals surface area contributed by atoms with Gasteiger partial charge in [-0.2, -0.15) is 0 Å². The first kappa shape index (κ1) is 15.0. The van der Waals surface area contributed by atoms with Gasteiger partial charge in [0.15, 0.2) is 5.11 Å². The lowest BCUT2D eigenvalue weighted by Crippen LogP contribution is -2.36.